The van der Waals surface area contributed by atoms with Crippen LogP contribution in [0.4, 0.5) is 5.69 Å². The zero-order valence-electron chi connectivity index (χ0n) is 15.9. The number of nitrogens with one attached hydrogen (secondary N) is 2. The second-order valence-corrected chi connectivity index (χ2v) is 7.48. The minimum absolute atomic E-state index is 0.292. The summed E-state index contributed by atoms with van der Waals surface area (Å²) >= 11 is 18.0. The number of para-hydroxylation sites is 1. The summed E-state index contributed by atoms with van der Waals surface area (Å²) in [5.41, 5.74) is 4.01. The first-order chi connectivity index (χ1) is 14.9. The summed E-state index contributed by atoms with van der Waals surface area (Å²) in [6.45, 7) is 0.292. The van der Waals surface area contributed by atoms with Gasteiger partial charge in [-0.05, 0) is 54.1 Å². The Labute approximate surface area is 193 Å². The van der Waals surface area contributed by atoms with Gasteiger partial charge in [0.1, 0.15) is 12.4 Å². The van der Waals surface area contributed by atoms with Gasteiger partial charge in [0.2, 0.25) is 0 Å². The molecule has 2 amide bonds. The van der Waals surface area contributed by atoms with E-state index in [1.807, 2.05) is 0 Å². The highest BCUT2D eigenvalue weighted by atomic mass is 35.5. The van der Waals surface area contributed by atoms with Crippen LogP contribution in [0.15, 0.2) is 71.8 Å². The van der Waals surface area contributed by atoms with Crippen LogP contribution in [0.1, 0.15) is 11.1 Å². The Bertz CT molecular complexity index is 1120. The zero-order chi connectivity index (χ0) is 22.2. The fraction of sp³-hybridized carbons (Fsp3) is 0.0455. The average Bonchev–Trinajstić information content (AvgIpc) is 2.75. The van der Waals surface area contributed by atoms with Crippen molar-refractivity contribution >= 4 is 58.5 Å². The molecule has 0 atom stereocenters. The number of hydrogen-bond donors (Lipinski definition) is 2. The van der Waals surface area contributed by atoms with E-state index in [2.05, 4.69) is 15.8 Å². The van der Waals surface area contributed by atoms with Crippen molar-refractivity contribution in [2.45, 2.75) is 6.61 Å². The number of ether oxygens (including phenoxy) is 1. The maximum absolute atomic E-state index is 11.9. The molecule has 3 aromatic carbocycles. The molecular formula is C22H16Cl3N3O3. The molecule has 6 nitrogen and oxygen atoms in total. The summed E-state index contributed by atoms with van der Waals surface area (Å²) in [7, 11) is 0. The van der Waals surface area contributed by atoms with E-state index in [1.54, 1.807) is 66.7 Å². The number of halogens is 3. The summed E-state index contributed by atoms with van der Waals surface area (Å²) in [6.07, 6.45) is 1.40. The van der Waals surface area contributed by atoms with Crippen LogP contribution < -0.4 is 15.5 Å². The largest absolute Gasteiger partial charge is 0.489 e. The standard InChI is InChI=1S/C22H16Cl3N3O3/c23-16-8-7-15(19(25)11-16)13-31-17-9-5-14(6-10-17)12-26-28-22(30)21(29)27-20-4-2-1-3-18(20)24/h1-12H,13H2,(H,27,29)(H,28,30)/b26-12+. The number of carbonyl (C=O) groups is 2. The predicted molar refractivity (Wildman–Crippen MR) is 123 cm³/mol. The number of hydrazone groups is 1. The first kappa shape index (κ1) is 22.6. The quantitative estimate of drug-likeness (QED) is 0.287. The molecule has 0 saturated carbocycles. The monoisotopic (exact) mass is 475 g/mol. The van der Waals surface area contributed by atoms with Crippen LogP contribution in [0.2, 0.25) is 15.1 Å². The third kappa shape index (κ3) is 6.72. The van der Waals surface area contributed by atoms with Crippen LogP contribution in [0, 0.1) is 0 Å². The van der Waals surface area contributed by atoms with Gasteiger partial charge in [0.05, 0.1) is 16.9 Å². The Balaban J connectivity index is 1.49. The van der Waals surface area contributed by atoms with E-state index in [1.165, 1.54) is 6.21 Å². The summed E-state index contributed by atoms with van der Waals surface area (Å²) in [5.74, 6) is -1.17. The van der Waals surface area contributed by atoms with Crippen molar-refractivity contribution in [3.05, 3.63) is 92.9 Å². The molecule has 0 saturated heterocycles. The molecule has 0 heterocycles. The van der Waals surface area contributed by atoms with Crippen LogP contribution in [0.3, 0.4) is 0 Å². The molecule has 0 unspecified atom stereocenters. The van der Waals surface area contributed by atoms with E-state index in [-0.39, 0.29) is 0 Å². The lowest BCUT2D eigenvalue weighted by Crippen LogP contribution is -2.32. The Morgan fingerprint density at radius 3 is 2.35 bits per heavy atom. The molecule has 0 aliphatic rings. The first-order valence-electron chi connectivity index (χ1n) is 8.98. The third-order valence-electron chi connectivity index (χ3n) is 4.00. The van der Waals surface area contributed by atoms with Crippen molar-refractivity contribution in [1.82, 2.24) is 5.43 Å². The molecule has 0 bridgehead atoms. The van der Waals surface area contributed by atoms with Gasteiger partial charge in [-0.15, -0.1) is 0 Å². The Kier molecular flexibility index (Phi) is 7.89. The van der Waals surface area contributed by atoms with Gasteiger partial charge >= 0.3 is 11.8 Å². The van der Waals surface area contributed by atoms with Crippen molar-refractivity contribution in [3.63, 3.8) is 0 Å². The topological polar surface area (TPSA) is 79.8 Å². The van der Waals surface area contributed by atoms with Crippen LogP contribution in [0.25, 0.3) is 0 Å². The molecule has 0 radical (unpaired) electrons. The Hall–Kier alpha value is -3.06. The SMILES string of the molecule is O=C(N/N=C/c1ccc(OCc2ccc(Cl)cc2Cl)cc1)C(=O)Nc1ccccc1Cl. The molecule has 3 aromatic rings. The number of carbonyl (C=O) groups excluding carboxylic acids is 2. The van der Waals surface area contributed by atoms with Gasteiger partial charge in [-0.1, -0.05) is 53.0 Å². The van der Waals surface area contributed by atoms with E-state index in [9.17, 15) is 9.59 Å². The van der Waals surface area contributed by atoms with Crippen molar-refractivity contribution in [2.75, 3.05) is 5.32 Å². The number of amides is 2. The first-order valence-corrected chi connectivity index (χ1v) is 10.1. The average molecular weight is 477 g/mol. The highest BCUT2D eigenvalue weighted by Crippen LogP contribution is 2.23. The van der Waals surface area contributed by atoms with Crippen molar-refractivity contribution in [2.24, 2.45) is 5.10 Å². The molecule has 0 fully saturated rings. The van der Waals surface area contributed by atoms with Gasteiger partial charge in [-0.25, -0.2) is 5.43 Å². The lowest BCUT2D eigenvalue weighted by molar-refractivity contribution is -0.136. The third-order valence-corrected chi connectivity index (χ3v) is 4.91. The molecular weight excluding hydrogens is 461 g/mol. The van der Waals surface area contributed by atoms with Crippen molar-refractivity contribution < 1.29 is 14.3 Å². The van der Waals surface area contributed by atoms with E-state index in [0.29, 0.717) is 38.7 Å². The zero-order valence-corrected chi connectivity index (χ0v) is 18.2. The summed E-state index contributed by atoms with van der Waals surface area (Å²) in [4.78, 5) is 23.7. The molecule has 0 aliphatic carbocycles. The summed E-state index contributed by atoms with van der Waals surface area (Å²) in [6, 6.07) is 18.8. The number of hydrogen-bond acceptors (Lipinski definition) is 4. The van der Waals surface area contributed by atoms with Gasteiger partial charge in [-0.3, -0.25) is 9.59 Å². The van der Waals surface area contributed by atoms with Crippen LogP contribution in [0.5, 0.6) is 5.75 Å². The normalized spacial score (nSPS) is 10.7. The van der Waals surface area contributed by atoms with Gasteiger partial charge < -0.3 is 10.1 Å². The molecule has 0 aromatic heterocycles. The second kappa shape index (κ2) is 10.8. The van der Waals surface area contributed by atoms with Crippen LogP contribution in [-0.2, 0) is 16.2 Å². The molecule has 0 spiro atoms. The fourth-order valence-corrected chi connectivity index (χ4v) is 3.05. The smallest absolute Gasteiger partial charge is 0.329 e. The van der Waals surface area contributed by atoms with E-state index >= 15 is 0 Å². The number of rotatable bonds is 6. The lowest BCUT2D eigenvalue weighted by atomic mass is 10.2. The Morgan fingerprint density at radius 1 is 0.903 bits per heavy atom. The van der Waals surface area contributed by atoms with Gasteiger partial charge in [-0.2, -0.15) is 5.10 Å². The number of nitrogens with zero attached hydrogens (tertiary/aromatic N) is 1. The van der Waals surface area contributed by atoms with Gasteiger partial charge in [0.15, 0.2) is 0 Å². The minimum atomic E-state index is -0.920. The van der Waals surface area contributed by atoms with E-state index in [4.69, 9.17) is 39.5 Å². The molecule has 2 N–H and O–H groups in total. The minimum Gasteiger partial charge on any atom is -0.489 e. The van der Waals surface area contributed by atoms with Crippen LogP contribution >= 0.6 is 34.8 Å². The van der Waals surface area contributed by atoms with Crippen molar-refractivity contribution in [1.29, 1.82) is 0 Å². The molecule has 158 valence electrons. The highest BCUT2D eigenvalue weighted by molar-refractivity contribution is 6.41. The fourth-order valence-electron chi connectivity index (χ4n) is 2.41. The molecule has 3 rings (SSSR count). The summed E-state index contributed by atoms with van der Waals surface area (Å²) < 4.78 is 5.70. The van der Waals surface area contributed by atoms with E-state index < -0.39 is 11.8 Å². The molecule has 0 aliphatic heterocycles. The van der Waals surface area contributed by atoms with Gasteiger partial charge in [0, 0.05) is 15.6 Å². The summed E-state index contributed by atoms with van der Waals surface area (Å²) in [5, 5.41) is 7.61. The molecule has 31 heavy (non-hydrogen) atoms. The van der Waals surface area contributed by atoms with Crippen LogP contribution in [-0.4, -0.2) is 18.0 Å². The van der Waals surface area contributed by atoms with Gasteiger partial charge in [0.25, 0.3) is 0 Å². The highest BCUT2D eigenvalue weighted by Gasteiger charge is 2.14. The maximum Gasteiger partial charge on any atom is 0.329 e. The predicted octanol–water partition coefficient (Wildman–Crippen LogP) is 5.31. The van der Waals surface area contributed by atoms with E-state index in [0.717, 1.165) is 5.56 Å². The van der Waals surface area contributed by atoms with Crippen molar-refractivity contribution in [3.8, 4) is 5.75 Å². The maximum atomic E-state index is 11.9. The molecule has 9 heteroatoms. The number of anilines is 1. The lowest BCUT2D eigenvalue weighted by Gasteiger charge is -2.08. The number of benzene rings is 3. The Morgan fingerprint density at radius 2 is 1.65 bits per heavy atom. The second-order valence-electron chi connectivity index (χ2n) is 6.23.